The van der Waals surface area contributed by atoms with Gasteiger partial charge in [0.15, 0.2) is 0 Å². The molecule has 0 aromatic rings. The maximum absolute atomic E-state index is 3.87. The van der Waals surface area contributed by atoms with Crippen molar-refractivity contribution >= 4 is 0 Å². The van der Waals surface area contributed by atoms with E-state index < -0.39 is 0 Å². The summed E-state index contributed by atoms with van der Waals surface area (Å²) >= 11 is 0. The summed E-state index contributed by atoms with van der Waals surface area (Å²) in [6.45, 7) is 9.95. The van der Waals surface area contributed by atoms with E-state index in [0.717, 1.165) is 0 Å². The molecule has 0 aromatic carbocycles. The van der Waals surface area contributed by atoms with Gasteiger partial charge in [0.25, 0.3) is 0 Å². The van der Waals surface area contributed by atoms with Crippen molar-refractivity contribution in [3.63, 3.8) is 0 Å². The molecule has 0 bridgehead atoms. The van der Waals surface area contributed by atoms with Crippen molar-refractivity contribution in [2.24, 2.45) is 0 Å². The van der Waals surface area contributed by atoms with Crippen LogP contribution in [0, 0.1) is 0 Å². The number of hydrogen-bond donors (Lipinski definition) is 0. The van der Waals surface area contributed by atoms with Crippen LogP contribution in [0.3, 0.4) is 0 Å². The van der Waals surface area contributed by atoms with E-state index in [2.05, 4.69) is 25.7 Å². The first-order chi connectivity index (χ1) is 6.88. The zero-order chi connectivity index (χ0) is 10.8. The molecule has 0 saturated carbocycles. The Morgan fingerprint density at radius 3 is 2.07 bits per heavy atom. The van der Waals surface area contributed by atoms with Crippen molar-refractivity contribution in [1.29, 1.82) is 0 Å². The first kappa shape index (κ1) is 13.2. The molecule has 0 saturated heterocycles. The van der Waals surface area contributed by atoms with Gasteiger partial charge in [0.05, 0.1) is 0 Å². The fourth-order valence-electron chi connectivity index (χ4n) is 1.75. The zero-order valence-electron chi connectivity index (χ0n) is 9.97. The first-order valence-corrected chi connectivity index (χ1v) is 5.85. The summed E-state index contributed by atoms with van der Waals surface area (Å²) in [5, 5.41) is 0. The summed E-state index contributed by atoms with van der Waals surface area (Å²) in [5.41, 5.74) is 2.97. The molecule has 0 amide bonds. The van der Waals surface area contributed by atoms with E-state index in [1.807, 2.05) is 19.9 Å². The maximum atomic E-state index is 3.87. The standard InChI is InChI=1S/C12H18.C2H6/c1-3-8-12-10-7-5-6-9-11(12)4-2;1-2/h3-4,8H,2,5-7,9-10H2,1H3;1-2H3/b8-3-;. The molecule has 0 aromatic heterocycles. The highest BCUT2D eigenvalue weighted by Gasteiger charge is 2.05. The van der Waals surface area contributed by atoms with E-state index in [4.69, 9.17) is 0 Å². The summed E-state index contributed by atoms with van der Waals surface area (Å²) in [7, 11) is 0. The quantitative estimate of drug-likeness (QED) is 0.575. The Hall–Kier alpha value is -0.780. The Labute approximate surface area is 89.4 Å². The van der Waals surface area contributed by atoms with Crippen LogP contribution in [-0.2, 0) is 0 Å². The van der Waals surface area contributed by atoms with Gasteiger partial charge in [0, 0.05) is 0 Å². The molecule has 1 aliphatic rings. The van der Waals surface area contributed by atoms with Gasteiger partial charge in [-0.05, 0) is 43.8 Å². The fraction of sp³-hybridized carbons (Fsp3) is 0.571. The second kappa shape index (κ2) is 8.80. The Morgan fingerprint density at radius 1 is 1.00 bits per heavy atom. The molecule has 0 atom stereocenters. The fourth-order valence-corrected chi connectivity index (χ4v) is 1.75. The lowest BCUT2D eigenvalue weighted by Gasteiger charge is -2.03. The van der Waals surface area contributed by atoms with E-state index in [9.17, 15) is 0 Å². The normalized spacial score (nSPS) is 17.4. The predicted octanol–water partition coefficient (Wildman–Crippen LogP) is 5.04. The summed E-state index contributed by atoms with van der Waals surface area (Å²) in [4.78, 5) is 0. The van der Waals surface area contributed by atoms with Crippen LogP contribution in [0.5, 0.6) is 0 Å². The number of allylic oxidation sites excluding steroid dienone is 5. The van der Waals surface area contributed by atoms with Gasteiger partial charge in [0.1, 0.15) is 0 Å². The van der Waals surface area contributed by atoms with Gasteiger partial charge in [-0.3, -0.25) is 0 Å². The van der Waals surface area contributed by atoms with E-state index >= 15 is 0 Å². The summed E-state index contributed by atoms with van der Waals surface area (Å²) < 4.78 is 0. The minimum atomic E-state index is 1.23. The van der Waals surface area contributed by atoms with Crippen molar-refractivity contribution < 1.29 is 0 Å². The maximum Gasteiger partial charge on any atom is -0.0276 e. The van der Waals surface area contributed by atoms with Crippen molar-refractivity contribution in [2.45, 2.75) is 52.9 Å². The van der Waals surface area contributed by atoms with E-state index in [1.54, 1.807) is 0 Å². The molecular formula is C14H24. The largest absolute Gasteiger partial charge is 0.0988 e. The lowest BCUT2D eigenvalue weighted by atomic mass is 10.0. The minimum Gasteiger partial charge on any atom is -0.0988 e. The summed E-state index contributed by atoms with van der Waals surface area (Å²) in [5.74, 6) is 0. The van der Waals surface area contributed by atoms with Crippen molar-refractivity contribution in [3.05, 3.63) is 36.0 Å². The molecule has 0 heterocycles. The molecule has 1 rings (SSSR count). The van der Waals surface area contributed by atoms with E-state index in [-0.39, 0.29) is 0 Å². The smallest absolute Gasteiger partial charge is 0.0276 e. The van der Waals surface area contributed by atoms with Crippen LogP contribution in [0.15, 0.2) is 36.0 Å². The van der Waals surface area contributed by atoms with Crippen molar-refractivity contribution in [2.75, 3.05) is 0 Å². The monoisotopic (exact) mass is 192 g/mol. The van der Waals surface area contributed by atoms with Crippen LogP contribution in [0.4, 0.5) is 0 Å². The van der Waals surface area contributed by atoms with Crippen LogP contribution in [0.1, 0.15) is 52.9 Å². The molecule has 0 N–H and O–H groups in total. The van der Waals surface area contributed by atoms with E-state index in [0.29, 0.717) is 0 Å². The molecule has 0 fully saturated rings. The van der Waals surface area contributed by atoms with Gasteiger partial charge in [-0.25, -0.2) is 0 Å². The molecule has 0 unspecified atom stereocenters. The SMILES string of the molecule is C=CC1=C(/C=C\C)CCCCC1.CC. The highest BCUT2D eigenvalue weighted by molar-refractivity contribution is 5.32. The second-order valence-electron chi connectivity index (χ2n) is 3.32. The van der Waals surface area contributed by atoms with Gasteiger partial charge in [-0.1, -0.05) is 45.1 Å². The summed E-state index contributed by atoms with van der Waals surface area (Å²) in [6, 6.07) is 0. The Bertz CT molecular complexity index is 206. The third kappa shape index (κ3) is 4.45. The third-order valence-corrected chi connectivity index (χ3v) is 2.42. The van der Waals surface area contributed by atoms with Gasteiger partial charge in [0.2, 0.25) is 0 Å². The van der Waals surface area contributed by atoms with Crippen LogP contribution in [0.2, 0.25) is 0 Å². The molecule has 0 spiro atoms. The molecule has 1 aliphatic carbocycles. The molecule has 0 heteroatoms. The lowest BCUT2D eigenvalue weighted by Crippen LogP contribution is -1.83. The highest BCUT2D eigenvalue weighted by Crippen LogP contribution is 2.24. The van der Waals surface area contributed by atoms with Crippen LogP contribution in [0.25, 0.3) is 0 Å². The molecule has 80 valence electrons. The topological polar surface area (TPSA) is 0 Å². The Balaban J connectivity index is 0.000000791. The molecule has 14 heavy (non-hydrogen) atoms. The zero-order valence-corrected chi connectivity index (χ0v) is 9.97. The van der Waals surface area contributed by atoms with Gasteiger partial charge in [-0.2, -0.15) is 0 Å². The second-order valence-corrected chi connectivity index (χ2v) is 3.32. The average Bonchev–Trinajstić information content (AvgIpc) is 2.47. The molecule has 0 nitrogen and oxygen atoms in total. The Kier molecular flexibility index (Phi) is 8.31. The van der Waals surface area contributed by atoms with Gasteiger partial charge < -0.3 is 0 Å². The van der Waals surface area contributed by atoms with Crippen molar-refractivity contribution in [1.82, 2.24) is 0 Å². The first-order valence-electron chi connectivity index (χ1n) is 5.85. The van der Waals surface area contributed by atoms with Gasteiger partial charge >= 0.3 is 0 Å². The Morgan fingerprint density at radius 2 is 1.57 bits per heavy atom. The molecule has 0 aliphatic heterocycles. The molecule has 0 radical (unpaired) electrons. The van der Waals surface area contributed by atoms with Crippen LogP contribution < -0.4 is 0 Å². The average molecular weight is 192 g/mol. The highest BCUT2D eigenvalue weighted by atomic mass is 14.1. The van der Waals surface area contributed by atoms with Crippen LogP contribution in [-0.4, -0.2) is 0 Å². The number of rotatable bonds is 2. The third-order valence-electron chi connectivity index (χ3n) is 2.42. The predicted molar refractivity (Wildman–Crippen MR) is 66.5 cm³/mol. The molecular weight excluding hydrogens is 168 g/mol. The lowest BCUT2D eigenvalue weighted by molar-refractivity contribution is 0.710. The summed E-state index contributed by atoms with van der Waals surface area (Å²) in [6.07, 6.45) is 12.9. The van der Waals surface area contributed by atoms with E-state index in [1.165, 1.54) is 43.3 Å². The van der Waals surface area contributed by atoms with Gasteiger partial charge in [-0.15, -0.1) is 0 Å². The minimum absolute atomic E-state index is 1.23. The van der Waals surface area contributed by atoms with Crippen LogP contribution >= 0.6 is 0 Å². The van der Waals surface area contributed by atoms with Crippen molar-refractivity contribution in [3.8, 4) is 0 Å². The number of hydrogen-bond acceptors (Lipinski definition) is 0.